The molecule has 1 rings (SSSR count). The quantitative estimate of drug-likeness (QED) is 0.356. The van der Waals surface area contributed by atoms with Gasteiger partial charge < -0.3 is 9.84 Å². The first-order chi connectivity index (χ1) is 7.56. The van der Waals surface area contributed by atoms with E-state index >= 15 is 0 Å². The number of carbonyl (C=O) groups is 2. The smallest absolute Gasteiger partial charge is 0.339 e. The Balaban J connectivity index is 2.85. The van der Waals surface area contributed by atoms with Crippen LogP contribution >= 0.6 is 0 Å². The summed E-state index contributed by atoms with van der Waals surface area (Å²) in [5.41, 5.74) is -0.153. The van der Waals surface area contributed by atoms with Crippen LogP contribution in [0, 0.1) is 0 Å². The van der Waals surface area contributed by atoms with Crippen LogP contribution in [0.25, 0.3) is 0 Å². The van der Waals surface area contributed by atoms with E-state index in [2.05, 4.69) is 6.58 Å². The second-order valence-corrected chi connectivity index (χ2v) is 3.07. The third-order valence-corrected chi connectivity index (χ3v) is 1.96. The van der Waals surface area contributed by atoms with Crippen molar-refractivity contribution in [1.82, 2.24) is 0 Å². The number of hydrogen-bond acceptors (Lipinski definition) is 3. The van der Waals surface area contributed by atoms with E-state index in [-0.39, 0.29) is 5.56 Å². The van der Waals surface area contributed by atoms with E-state index in [0.29, 0.717) is 12.4 Å². The lowest BCUT2D eigenvalue weighted by Gasteiger charge is -2.04. The second-order valence-electron chi connectivity index (χ2n) is 3.07. The maximum atomic E-state index is 11.5. The van der Waals surface area contributed by atoms with Gasteiger partial charge in [-0.15, -0.1) is 0 Å². The number of benzene rings is 1. The summed E-state index contributed by atoms with van der Waals surface area (Å²) in [6.45, 7) is 5.60. The topological polar surface area (TPSA) is 63.6 Å². The van der Waals surface area contributed by atoms with Gasteiger partial charge in [-0.3, -0.25) is 4.79 Å². The zero-order chi connectivity index (χ0) is 12.1. The molecule has 0 bridgehead atoms. The van der Waals surface area contributed by atoms with Crippen molar-refractivity contribution < 1.29 is 19.4 Å². The van der Waals surface area contributed by atoms with E-state index in [9.17, 15) is 9.59 Å². The van der Waals surface area contributed by atoms with E-state index in [4.69, 9.17) is 9.84 Å². The van der Waals surface area contributed by atoms with Crippen molar-refractivity contribution in [3.8, 4) is 5.75 Å². The summed E-state index contributed by atoms with van der Waals surface area (Å²) in [4.78, 5) is 22.1. The van der Waals surface area contributed by atoms with Crippen molar-refractivity contribution in [2.45, 2.75) is 6.92 Å². The number of Topliss-reactive ketones (excluding diaryl/α,β-unsaturated/α-hetero) is 1. The largest absolute Gasteiger partial charge is 0.494 e. The standard InChI is InChI=1S/C12H12O4/c1-3-16-10-6-4-9(5-7-10)11(13)8(2)12(14)15/h4-7H,2-3H2,1H3,(H,14,15). The molecule has 1 N–H and O–H groups in total. The molecule has 0 aliphatic rings. The molecule has 0 saturated carbocycles. The summed E-state index contributed by atoms with van der Waals surface area (Å²) >= 11 is 0. The minimum atomic E-state index is -1.31. The van der Waals surface area contributed by atoms with Crippen LogP contribution in [0.4, 0.5) is 0 Å². The van der Waals surface area contributed by atoms with Crippen molar-refractivity contribution in [3.63, 3.8) is 0 Å². The number of ether oxygens (including phenoxy) is 1. The maximum Gasteiger partial charge on any atom is 0.339 e. The third kappa shape index (κ3) is 2.70. The third-order valence-electron chi connectivity index (χ3n) is 1.96. The van der Waals surface area contributed by atoms with Crippen LogP contribution in [0.5, 0.6) is 5.75 Å². The first-order valence-electron chi connectivity index (χ1n) is 4.76. The normalized spacial score (nSPS) is 9.56. The van der Waals surface area contributed by atoms with E-state index in [1.165, 1.54) is 12.1 Å². The lowest BCUT2D eigenvalue weighted by Crippen LogP contribution is -2.11. The van der Waals surface area contributed by atoms with Gasteiger partial charge in [-0.1, -0.05) is 6.58 Å². The molecule has 0 unspecified atom stereocenters. The number of aliphatic carboxylic acids is 1. The highest BCUT2D eigenvalue weighted by atomic mass is 16.5. The summed E-state index contributed by atoms with van der Waals surface area (Å²) in [5.74, 6) is -1.26. The molecule has 0 amide bonds. The molecule has 0 atom stereocenters. The minimum Gasteiger partial charge on any atom is -0.494 e. The Kier molecular flexibility index (Phi) is 3.83. The van der Waals surface area contributed by atoms with Gasteiger partial charge in [-0.2, -0.15) is 0 Å². The summed E-state index contributed by atoms with van der Waals surface area (Å²) in [6.07, 6.45) is 0. The first kappa shape index (κ1) is 12.0. The van der Waals surface area contributed by atoms with Gasteiger partial charge in [-0.25, -0.2) is 4.79 Å². The van der Waals surface area contributed by atoms with E-state index in [1.807, 2.05) is 6.92 Å². The van der Waals surface area contributed by atoms with Gasteiger partial charge in [0.05, 0.1) is 6.61 Å². The molecule has 1 aromatic rings. The van der Waals surface area contributed by atoms with Crippen LogP contribution in [0.15, 0.2) is 36.4 Å². The summed E-state index contributed by atoms with van der Waals surface area (Å²) in [6, 6.07) is 6.26. The summed E-state index contributed by atoms with van der Waals surface area (Å²) in [7, 11) is 0. The molecule has 0 saturated heterocycles. The molecule has 0 aromatic heterocycles. The summed E-state index contributed by atoms with van der Waals surface area (Å²) in [5, 5.41) is 8.61. The maximum absolute atomic E-state index is 11.5. The molecular formula is C12H12O4. The Morgan fingerprint density at radius 3 is 2.31 bits per heavy atom. The van der Waals surface area contributed by atoms with Gasteiger partial charge in [0.15, 0.2) is 5.78 Å². The first-order valence-corrected chi connectivity index (χ1v) is 4.76. The fraction of sp³-hybridized carbons (Fsp3) is 0.167. The molecule has 0 spiro atoms. The number of ketones is 1. The predicted octanol–water partition coefficient (Wildman–Crippen LogP) is 1.91. The van der Waals surface area contributed by atoms with Crippen LogP contribution in [-0.2, 0) is 4.79 Å². The highest BCUT2D eigenvalue weighted by Gasteiger charge is 2.16. The van der Waals surface area contributed by atoms with Crippen LogP contribution in [0.1, 0.15) is 17.3 Å². The Morgan fingerprint density at radius 1 is 1.31 bits per heavy atom. The SMILES string of the molecule is C=C(C(=O)O)C(=O)c1ccc(OCC)cc1. The lowest BCUT2D eigenvalue weighted by molar-refractivity contribution is -0.132. The van der Waals surface area contributed by atoms with Crippen molar-refractivity contribution in [2.75, 3.05) is 6.61 Å². The second kappa shape index (κ2) is 5.11. The lowest BCUT2D eigenvalue weighted by atomic mass is 10.1. The Bertz CT molecular complexity index is 417. The van der Waals surface area contributed by atoms with Crippen molar-refractivity contribution in [3.05, 3.63) is 42.0 Å². The fourth-order valence-corrected chi connectivity index (χ4v) is 1.14. The highest BCUT2D eigenvalue weighted by Crippen LogP contribution is 2.14. The molecule has 84 valence electrons. The molecule has 16 heavy (non-hydrogen) atoms. The molecule has 0 radical (unpaired) electrons. The van der Waals surface area contributed by atoms with Gasteiger partial charge in [-0.05, 0) is 31.2 Å². The molecule has 0 aliphatic carbocycles. The number of carboxylic acid groups (broad SMARTS) is 1. The molecule has 0 aliphatic heterocycles. The van der Waals surface area contributed by atoms with Crippen LogP contribution in [0.3, 0.4) is 0 Å². The number of hydrogen-bond donors (Lipinski definition) is 1. The predicted molar refractivity (Wildman–Crippen MR) is 58.7 cm³/mol. The Labute approximate surface area is 93.2 Å². The van der Waals surface area contributed by atoms with Crippen LogP contribution < -0.4 is 4.74 Å². The minimum absolute atomic E-state index is 0.288. The van der Waals surface area contributed by atoms with Gasteiger partial charge in [0, 0.05) is 5.56 Å². The molecule has 0 heterocycles. The average Bonchev–Trinajstić information content (AvgIpc) is 2.28. The Morgan fingerprint density at radius 2 is 1.88 bits per heavy atom. The van der Waals surface area contributed by atoms with Crippen LogP contribution in [0.2, 0.25) is 0 Å². The zero-order valence-electron chi connectivity index (χ0n) is 8.90. The zero-order valence-corrected chi connectivity index (χ0v) is 8.90. The van der Waals surface area contributed by atoms with E-state index in [1.54, 1.807) is 12.1 Å². The number of carboxylic acids is 1. The molecule has 0 fully saturated rings. The van der Waals surface area contributed by atoms with Crippen molar-refractivity contribution in [1.29, 1.82) is 0 Å². The molecule has 4 nitrogen and oxygen atoms in total. The van der Waals surface area contributed by atoms with E-state index in [0.717, 1.165) is 0 Å². The highest BCUT2D eigenvalue weighted by molar-refractivity contribution is 6.23. The van der Waals surface area contributed by atoms with Gasteiger partial charge in [0.25, 0.3) is 0 Å². The average molecular weight is 220 g/mol. The summed E-state index contributed by atoms with van der Waals surface area (Å²) < 4.78 is 5.20. The van der Waals surface area contributed by atoms with Crippen molar-refractivity contribution >= 4 is 11.8 Å². The van der Waals surface area contributed by atoms with Gasteiger partial charge in [0.1, 0.15) is 11.3 Å². The number of rotatable bonds is 5. The number of carbonyl (C=O) groups excluding carboxylic acids is 1. The van der Waals surface area contributed by atoms with Crippen LogP contribution in [-0.4, -0.2) is 23.5 Å². The molecular weight excluding hydrogens is 208 g/mol. The fourth-order valence-electron chi connectivity index (χ4n) is 1.14. The van der Waals surface area contributed by atoms with Gasteiger partial charge >= 0.3 is 5.97 Å². The van der Waals surface area contributed by atoms with Gasteiger partial charge in [0.2, 0.25) is 0 Å². The monoisotopic (exact) mass is 220 g/mol. The molecule has 1 aromatic carbocycles. The van der Waals surface area contributed by atoms with Crippen molar-refractivity contribution in [2.24, 2.45) is 0 Å². The Hall–Kier alpha value is -2.10. The van der Waals surface area contributed by atoms with E-state index < -0.39 is 17.3 Å². The molecule has 4 heteroatoms.